The van der Waals surface area contributed by atoms with Crippen molar-refractivity contribution >= 4 is 35.6 Å². The van der Waals surface area contributed by atoms with Crippen LogP contribution >= 0.6 is 24.0 Å². The predicted molar refractivity (Wildman–Crippen MR) is 103 cm³/mol. The maximum atomic E-state index is 11.9. The van der Waals surface area contributed by atoms with E-state index in [0.29, 0.717) is 29.6 Å². The van der Waals surface area contributed by atoms with E-state index >= 15 is 0 Å². The van der Waals surface area contributed by atoms with Crippen molar-refractivity contribution in [3.05, 3.63) is 59.1 Å². The summed E-state index contributed by atoms with van der Waals surface area (Å²) in [5.41, 5.74) is 7.12. The van der Waals surface area contributed by atoms with Crippen LogP contribution in [0, 0.1) is 0 Å². The molecule has 2 aromatic carbocycles. The number of hydrogen-bond donors (Lipinski definition) is 2. The monoisotopic (exact) mass is 384 g/mol. The number of hydrogen-bond acceptors (Lipinski definition) is 4. The number of carbonyl (C=O) groups excluding carboxylic acids is 1. The standard InChI is InChI=1S/C18H21ClN2O3.ClH/c1-23-16(11-20)10-18(22)21-14-6-8-15(9-7-14)24-12-13-4-2-3-5-17(13)19;/h2-9,16H,10-12,20H2,1H3,(H,21,22);1H. The third kappa shape index (κ3) is 6.92. The highest BCUT2D eigenvalue weighted by Crippen LogP contribution is 2.20. The molecule has 0 radical (unpaired) electrons. The zero-order valence-electron chi connectivity index (χ0n) is 13.9. The molecule has 0 aliphatic heterocycles. The number of anilines is 1. The summed E-state index contributed by atoms with van der Waals surface area (Å²) < 4.78 is 10.8. The Balaban J connectivity index is 0.00000312. The zero-order valence-corrected chi connectivity index (χ0v) is 15.5. The van der Waals surface area contributed by atoms with E-state index in [1.165, 1.54) is 7.11 Å². The number of nitrogens with two attached hydrogens (primary N) is 1. The first-order valence-corrected chi connectivity index (χ1v) is 7.99. The van der Waals surface area contributed by atoms with Gasteiger partial charge in [-0.05, 0) is 30.3 Å². The summed E-state index contributed by atoms with van der Waals surface area (Å²) in [6, 6.07) is 14.7. The third-order valence-corrected chi connectivity index (χ3v) is 3.87. The Hall–Kier alpha value is -1.79. The lowest BCUT2D eigenvalue weighted by atomic mass is 10.2. The van der Waals surface area contributed by atoms with Crippen LogP contribution in [0.15, 0.2) is 48.5 Å². The van der Waals surface area contributed by atoms with Crippen LogP contribution in [0.25, 0.3) is 0 Å². The summed E-state index contributed by atoms with van der Waals surface area (Å²) >= 11 is 6.09. The Morgan fingerprint density at radius 3 is 2.48 bits per heavy atom. The second-order valence-electron chi connectivity index (χ2n) is 5.25. The van der Waals surface area contributed by atoms with Crippen LogP contribution < -0.4 is 15.8 Å². The highest BCUT2D eigenvalue weighted by atomic mass is 35.5. The van der Waals surface area contributed by atoms with E-state index in [0.717, 1.165) is 5.56 Å². The Morgan fingerprint density at radius 2 is 1.88 bits per heavy atom. The molecule has 1 unspecified atom stereocenters. The molecule has 0 aliphatic carbocycles. The zero-order chi connectivity index (χ0) is 17.4. The number of ether oxygens (including phenoxy) is 2. The van der Waals surface area contributed by atoms with E-state index in [4.69, 9.17) is 26.8 Å². The molecular weight excluding hydrogens is 363 g/mol. The number of rotatable bonds is 8. The number of methoxy groups -OCH3 is 1. The maximum Gasteiger partial charge on any atom is 0.227 e. The minimum absolute atomic E-state index is 0. The molecule has 0 spiro atoms. The largest absolute Gasteiger partial charge is 0.489 e. The summed E-state index contributed by atoms with van der Waals surface area (Å²) in [7, 11) is 1.54. The molecule has 0 saturated heterocycles. The lowest BCUT2D eigenvalue weighted by Gasteiger charge is -2.13. The average Bonchev–Trinajstić information content (AvgIpc) is 2.60. The van der Waals surface area contributed by atoms with E-state index in [1.54, 1.807) is 24.3 Å². The molecule has 0 heterocycles. The maximum absolute atomic E-state index is 11.9. The van der Waals surface area contributed by atoms with Gasteiger partial charge in [0.15, 0.2) is 0 Å². The van der Waals surface area contributed by atoms with E-state index < -0.39 is 0 Å². The molecular formula is C18H22Cl2N2O3. The van der Waals surface area contributed by atoms with Crippen LogP contribution in [0.4, 0.5) is 5.69 Å². The van der Waals surface area contributed by atoms with Gasteiger partial charge in [0, 0.05) is 29.9 Å². The lowest BCUT2D eigenvalue weighted by molar-refractivity contribution is -0.118. The van der Waals surface area contributed by atoms with Crippen molar-refractivity contribution in [3.63, 3.8) is 0 Å². The molecule has 0 fully saturated rings. The van der Waals surface area contributed by atoms with Crippen LogP contribution in [0.1, 0.15) is 12.0 Å². The van der Waals surface area contributed by atoms with Gasteiger partial charge in [0.2, 0.25) is 5.91 Å². The van der Waals surface area contributed by atoms with Crippen LogP contribution in [0.5, 0.6) is 5.75 Å². The molecule has 0 aliphatic rings. The fraction of sp³-hybridized carbons (Fsp3) is 0.278. The number of carbonyl (C=O) groups is 1. The number of halogens is 2. The molecule has 0 bridgehead atoms. The highest BCUT2D eigenvalue weighted by molar-refractivity contribution is 6.31. The van der Waals surface area contributed by atoms with Crippen molar-refractivity contribution in [2.75, 3.05) is 19.0 Å². The molecule has 3 N–H and O–H groups in total. The van der Waals surface area contributed by atoms with Gasteiger partial charge in [0.05, 0.1) is 12.5 Å². The van der Waals surface area contributed by atoms with Crippen molar-refractivity contribution in [3.8, 4) is 5.75 Å². The topological polar surface area (TPSA) is 73.6 Å². The summed E-state index contributed by atoms with van der Waals surface area (Å²) in [5, 5.41) is 3.47. The molecule has 1 atom stereocenters. The van der Waals surface area contributed by atoms with Gasteiger partial charge < -0.3 is 20.5 Å². The molecule has 2 aromatic rings. The van der Waals surface area contributed by atoms with E-state index in [2.05, 4.69) is 5.32 Å². The SMILES string of the molecule is COC(CN)CC(=O)Nc1ccc(OCc2ccccc2Cl)cc1.Cl. The van der Waals surface area contributed by atoms with E-state index in [1.807, 2.05) is 24.3 Å². The van der Waals surface area contributed by atoms with Crippen molar-refractivity contribution in [2.45, 2.75) is 19.1 Å². The van der Waals surface area contributed by atoms with Gasteiger partial charge in [-0.3, -0.25) is 4.79 Å². The van der Waals surface area contributed by atoms with Gasteiger partial charge in [-0.15, -0.1) is 12.4 Å². The van der Waals surface area contributed by atoms with Crippen molar-refractivity contribution in [1.82, 2.24) is 0 Å². The second kappa shape index (κ2) is 10.9. The van der Waals surface area contributed by atoms with Gasteiger partial charge in [-0.2, -0.15) is 0 Å². The summed E-state index contributed by atoms with van der Waals surface area (Å²) in [6.07, 6.45) is -0.0548. The third-order valence-electron chi connectivity index (χ3n) is 3.50. The Morgan fingerprint density at radius 1 is 1.20 bits per heavy atom. The predicted octanol–water partition coefficient (Wildman–Crippen LogP) is 3.64. The summed E-state index contributed by atoms with van der Waals surface area (Å²) in [6.45, 7) is 0.691. The molecule has 0 saturated carbocycles. The second-order valence-corrected chi connectivity index (χ2v) is 5.66. The first kappa shape index (κ1) is 21.3. The fourth-order valence-corrected chi connectivity index (χ4v) is 2.28. The normalized spacial score (nSPS) is 11.3. The molecule has 0 aromatic heterocycles. The molecule has 136 valence electrons. The van der Waals surface area contributed by atoms with Gasteiger partial charge in [0.1, 0.15) is 12.4 Å². The van der Waals surface area contributed by atoms with Gasteiger partial charge in [-0.25, -0.2) is 0 Å². The van der Waals surface area contributed by atoms with E-state index in [-0.39, 0.29) is 30.8 Å². The first-order chi connectivity index (χ1) is 11.6. The van der Waals surface area contributed by atoms with Crippen molar-refractivity contribution in [2.24, 2.45) is 5.73 Å². The molecule has 2 rings (SSSR count). The van der Waals surface area contributed by atoms with Crippen molar-refractivity contribution < 1.29 is 14.3 Å². The Labute approximate surface area is 158 Å². The quantitative estimate of drug-likeness (QED) is 0.728. The summed E-state index contributed by atoms with van der Waals surface area (Å²) in [5.74, 6) is 0.557. The fourth-order valence-electron chi connectivity index (χ4n) is 2.09. The highest BCUT2D eigenvalue weighted by Gasteiger charge is 2.11. The number of benzene rings is 2. The minimum Gasteiger partial charge on any atom is -0.489 e. The smallest absolute Gasteiger partial charge is 0.227 e. The van der Waals surface area contributed by atoms with Gasteiger partial charge >= 0.3 is 0 Å². The van der Waals surface area contributed by atoms with E-state index in [9.17, 15) is 4.79 Å². The van der Waals surface area contributed by atoms with Crippen LogP contribution in [0.2, 0.25) is 5.02 Å². The average molecular weight is 385 g/mol. The molecule has 5 nitrogen and oxygen atoms in total. The first-order valence-electron chi connectivity index (χ1n) is 7.61. The van der Waals surface area contributed by atoms with Crippen molar-refractivity contribution in [1.29, 1.82) is 0 Å². The Bertz CT molecular complexity index is 662. The number of nitrogens with one attached hydrogen (secondary N) is 1. The van der Waals surface area contributed by atoms with Crippen LogP contribution in [-0.4, -0.2) is 25.7 Å². The molecule has 7 heteroatoms. The lowest BCUT2D eigenvalue weighted by Crippen LogP contribution is -2.28. The molecule has 1 amide bonds. The summed E-state index contributed by atoms with van der Waals surface area (Å²) in [4.78, 5) is 11.9. The minimum atomic E-state index is -0.275. The van der Waals surface area contributed by atoms with Crippen LogP contribution in [0.3, 0.4) is 0 Å². The molecule has 25 heavy (non-hydrogen) atoms. The van der Waals surface area contributed by atoms with Gasteiger partial charge in [-0.1, -0.05) is 29.8 Å². The number of amides is 1. The van der Waals surface area contributed by atoms with Crippen LogP contribution in [-0.2, 0) is 16.1 Å². The van der Waals surface area contributed by atoms with Gasteiger partial charge in [0.25, 0.3) is 0 Å². The Kier molecular flexibility index (Phi) is 9.31.